The van der Waals surface area contributed by atoms with E-state index in [-0.39, 0.29) is 6.04 Å². The summed E-state index contributed by atoms with van der Waals surface area (Å²) in [7, 11) is 0. The van der Waals surface area contributed by atoms with Crippen LogP contribution in [0.1, 0.15) is 37.7 Å². The Labute approximate surface area is 133 Å². The molecule has 1 aromatic carbocycles. The number of halogens is 1. The first-order chi connectivity index (χ1) is 9.60. The Morgan fingerprint density at radius 1 is 1.45 bits per heavy atom. The van der Waals surface area contributed by atoms with Gasteiger partial charge in [0.2, 0.25) is 0 Å². The summed E-state index contributed by atoms with van der Waals surface area (Å²) >= 11 is 9.41. The molecule has 0 aliphatic rings. The molecule has 108 valence electrons. The first-order valence-electron chi connectivity index (χ1n) is 6.61. The first kappa shape index (κ1) is 15.8. The lowest BCUT2D eigenvalue weighted by Crippen LogP contribution is -2.19. The van der Waals surface area contributed by atoms with E-state index in [2.05, 4.69) is 40.7 Å². The summed E-state index contributed by atoms with van der Waals surface area (Å²) < 4.78 is 5.13. The second-order valence-corrected chi connectivity index (χ2v) is 7.05. The smallest absolute Gasteiger partial charge is 0.174 e. The van der Waals surface area contributed by atoms with Crippen LogP contribution in [0.5, 0.6) is 0 Å². The SMILES string of the molecule is CCCNC(C)c1ccc(Sc2nc(C)ns2)cc1Cl. The van der Waals surface area contributed by atoms with Gasteiger partial charge in [-0.25, -0.2) is 4.98 Å². The van der Waals surface area contributed by atoms with Crippen molar-refractivity contribution < 1.29 is 0 Å². The Balaban J connectivity index is 2.09. The molecule has 0 amide bonds. The fourth-order valence-electron chi connectivity index (χ4n) is 1.81. The van der Waals surface area contributed by atoms with Crippen LogP contribution in [0.25, 0.3) is 0 Å². The van der Waals surface area contributed by atoms with Gasteiger partial charge in [-0.2, -0.15) is 4.37 Å². The molecule has 0 fully saturated rings. The van der Waals surface area contributed by atoms with E-state index in [1.54, 1.807) is 11.8 Å². The van der Waals surface area contributed by atoms with E-state index in [1.807, 2.05) is 13.0 Å². The van der Waals surface area contributed by atoms with Crippen LogP contribution in [0.2, 0.25) is 5.02 Å². The zero-order chi connectivity index (χ0) is 14.5. The number of hydrogen-bond acceptors (Lipinski definition) is 5. The van der Waals surface area contributed by atoms with Crippen LogP contribution in [0.4, 0.5) is 0 Å². The maximum Gasteiger partial charge on any atom is 0.174 e. The fourth-order valence-corrected chi connectivity index (χ4v) is 3.89. The van der Waals surface area contributed by atoms with Crippen molar-refractivity contribution in [1.82, 2.24) is 14.7 Å². The molecule has 0 aliphatic heterocycles. The van der Waals surface area contributed by atoms with E-state index in [9.17, 15) is 0 Å². The van der Waals surface area contributed by atoms with Crippen molar-refractivity contribution in [3.63, 3.8) is 0 Å². The van der Waals surface area contributed by atoms with Crippen LogP contribution in [0.3, 0.4) is 0 Å². The standard InChI is InChI=1S/C14H18ClN3S2/c1-4-7-16-9(2)12-6-5-11(8-13(12)15)19-14-17-10(3)18-20-14/h5-6,8-9,16H,4,7H2,1-3H3. The highest BCUT2D eigenvalue weighted by atomic mass is 35.5. The molecular weight excluding hydrogens is 310 g/mol. The molecule has 20 heavy (non-hydrogen) atoms. The van der Waals surface area contributed by atoms with Crippen molar-refractivity contribution in [3.8, 4) is 0 Å². The van der Waals surface area contributed by atoms with Gasteiger partial charge in [0, 0.05) is 16.0 Å². The summed E-state index contributed by atoms with van der Waals surface area (Å²) in [5, 5.41) is 4.25. The predicted octanol–water partition coefficient (Wildman–Crippen LogP) is 4.71. The van der Waals surface area contributed by atoms with Gasteiger partial charge in [-0.15, -0.1) is 0 Å². The number of nitrogens with zero attached hydrogens (tertiary/aromatic N) is 2. The van der Waals surface area contributed by atoms with E-state index in [4.69, 9.17) is 11.6 Å². The summed E-state index contributed by atoms with van der Waals surface area (Å²) in [4.78, 5) is 5.44. The molecule has 0 bridgehead atoms. The maximum atomic E-state index is 6.39. The predicted molar refractivity (Wildman–Crippen MR) is 86.9 cm³/mol. The Hall–Kier alpha value is -0.620. The topological polar surface area (TPSA) is 37.8 Å². The van der Waals surface area contributed by atoms with Crippen LogP contribution >= 0.6 is 34.9 Å². The molecule has 1 aromatic heterocycles. The summed E-state index contributed by atoms with van der Waals surface area (Å²) in [6.45, 7) is 7.19. The van der Waals surface area contributed by atoms with Gasteiger partial charge in [-0.05, 0) is 56.0 Å². The fraction of sp³-hybridized carbons (Fsp3) is 0.429. The van der Waals surface area contributed by atoms with Gasteiger partial charge in [-0.1, -0.05) is 36.4 Å². The normalized spacial score (nSPS) is 12.6. The maximum absolute atomic E-state index is 6.39. The molecule has 2 rings (SSSR count). The van der Waals surface area contributed by atoms with Gasteiger partial charge in [-0.3, -0.25) is 0 Å². The molecule has 0 saturated heterocycles. The number of aryl methyl sites for hydroxylation is 1. The van der Waals surface area contributed by atoms with E-state index in [0.717, 1.165) is 38.6 Å². The minimum atomic E-state index is 0.269. The van der Waals surface area contributed by atoms with Crippen LogP contribution in [0, 0.1) is 6.92 Å². The second kappa shape index (κ2) is 7.41. The second-order valence-electron chi connectivity index (χ2n) is 4.57. The molecule has 0 aliphatic carbocycles. The van der Waals surface area contributed by atoms with Crippen molar-refractivity contribution in [2.24, 2.45) is 0 Å². The highest BCUT2D eigenvalue weighted by molar-refractivity contribution is 8.01. The number of rotatable bonds is 6. The van der Waals surface area contributed by atoms with Gasteiger partial charge < -0.3 is 5.32 Å². The van der Waals surface area contributed by atoms with Gasteiger partial charge in [0.25, 0.3) is 0 Å². The molecule has 1 atom stereocenters. The summed E-state index contributed by atoms with van der Waals surface area (Å²) in [5.41, 5.74) is 1.14. The lowest BCUT2D eigenvalue weighted by Gasteiger charge is -2.15. The lowest BCUT2D eigenvalue weighted by molar-refractivity contribution is 0.570. The van der Waals surface area contributed by atoms with Crippen molar-refractivity contribution in [2.75, 3.05) is 6.54 Å². The van der Waals surface area contributed by atoms with Gasteiger partial charge in [0.1, 0.15) is 5.82 Å². The Kier molecular flexibility index (Phi) is 5.84. The average molecular weight is 328 g/mol. The van der Waals surface area contributed by atoms with Gasteiger partial charge >= 0.3 is 0 Å². The molecule has 6 heteroatoms. The zero-order valence-corrected chi connectivity index (χ0v) is 14.2. The van der Waals surface area contributed by atoms with Gasteiger partial charge in [0.05, 0.1) is 0 Å². The quantitative estimate of drug-likeness (QED) is 0.833. The third-order valence-electron chi connectivity index (χ3n) is 2.85. The number of nitrogens with one attached hydrogen (secondary N) is 1. The number of benzene rings is 1. The molecule has 0 saturated carbocycles. The third kappa shape index (κ3) is 4.19. The molecule has 2 aromatic rings. The monoisotopic (exact) mass is 327 g/mol. The molecule has 0 radical (unpaired) electrons. The summed E-state index contributed by atoms with van der Waals surface area (Å²) in [5.74, 6) is 0.817. The number of aromatic nitrogens is 2. The van der Waals surface area contributed by atoms with Crippen molar-refractivity contribution >= 4 is 34.9 Å². The molecule has 0 spiro atoms. The molecular formula is C14H18ClN3S2. The number of hydrogen-bond donors (Lipinski definition) is 1. The largest absolute Gasteiger partial charge is 0.310 e. The highest BCUT2D eigenvalue weighted by Gasteiger charge is 2.11. The van der Waals surface area contributed by atoms with Crippen LogP contribution in [-0.4, -0.2) is 15.9 Å². The van der Waals surface area contributed by atoms with Crippen molar-refractivity contribution in [2.45, 2.75) is 42.5 Å². The molecule has 3 nitrogen and oxygen atoms in total. The zero-order valence-electron chi connectivity index (χ0n) is 11.8. The van der Waals surface area contributed by atoms with Crippen LogP contribution in [0.15, 0.2) is 27.4 Å². The van der Waals surface area contributed by atoms with E-state index in [0.29, 0.717) is 0 Å². The molecule has 1 heterocycles. The lowest BCUT2D eigenvalue weighted by atomic mass is 10.1. The van der Waals surface area contributed by atoms with Gasteiger partial charge in [0.15, 0.2) is 4.34 Å². The van der Waals surface area contributed by atoms with Crippen LogP contribution < -0.4 is 5.32 Å². The van der Waals surface area contributed by atoms with Crippen molar-refractivity contribution in [1.29, 1.82) is 0 Å². The Bertz CT molecular complexity index is 571. The summed E-state index contributed by atoms with van der Waals surface area (Å²) in [6, 6.07) is 6.45. The third-order valence-corrected chi connectivity index (χ3v) is 5.01. The van der Waals surface area contributed by atoms with Crippen molar-refractivity contribution in [3.05, 3.63) is 34.6 Å². The Morgan fingerprint density at radius 3 is 2.85 bits per heavy atom. The first-order valence-corrected chi connectivity index (χ1v) is 8.58. The minimum Gasteiger partial charge on any atom is -0.310 e. The van der Waals surface area contributed by atoms with E-state index in [1.165, 1.54) is 11.5 Å². The molecule has 1 N–H and O–H groups in total. The molecule has 1 unspecified atom stereocenters. The van der Waals surface area contributed by atoms with E-state index >= 15 is 0 Å². The average Bonchev–Trinajstić information content (AvgIpc) is 2.81. The minimum absolute atomic E-state index is 0.269. The summed E-state index contributed by atoms with van der Waals surface area (Å²) in [6.07, 6.45) is 1.12. The van der Waals surface area contributed by atoms with Crippen LogP contribution in [-0.2, 0) is 0 Å². The van der Waals surface area contributed by atoms with E-state index < -0.39 is 0 Å². The highest BCUT2D eigenvalue weighted by Crippen LogP contribution is 2.33. The Morgan fingerprint density at radius 2 is 2.25 bits per heavy atom.